The molecule has 3 N–H and O–H groups in total. The molecular formula is C39H40Cl2N4O5. The molecule has 2 aliphatic rings. The van der Waals surface area contributed by atoms with E-state index in [4.69, 9.17) is 27.9 Å². The van der Waals surface area contributed by atoms with Crippen LogP contribution in [0.5, 0.6) is 5.75 Å². The number of benzene rings is 3. The highest BCUT2D eigenvalue weighted by Gasteiger charge is 2.28. The number of carboxylic acids is 1. The van der Waals surface area contributed by atoms with E-state index in [-0.39, 0.29) is 23.6 Å². The Labute approximate surface area is 302 Å². The van der Waals surface area contributed by atoms with Gasteiger partial charge in [-0.25, -0.2) is 0 Å². The number of hydrogen-bond acceptors (Lipinski definition) is 7. The summed E-state index contributed by atoms with van der Waals surface area (Å²) in [4.78, 5) is 33.2. The number of aryl methyl sites for hydroxylation is 1. The number of aromatic nitrogens is 1. The lowest BCUT2D eigenvalue weighted by Gasteiger charge is -2.19. The molecule has 0 aliphatic carbocycles. The van der Waals surface area contributed by atoms with E-state index in [9.17, 15) is 19.8 Å². The predicted molar refractivity (Wildman–Crippen MR) is 198 cm³/mol. The van der Waals surface area contributed by atoms with Crippen molar-refractivity contribution >= 4 is 52.9 Å². The zero-order chi connectivity index (χ0) is 35.4. The molecule has 0 bridgehead atoms. The molecule has 3 heterocycles. The van der Waals surface area contributed by atoms with E-state index < -0.39 is 5.97 Å². The SMILES string of the molecule is COc1cc(/C=C/c2cccc(-c3cccc(NC(=O)c4ccc(CN5CC[C@@H](O)C5)cn4)c3Cl)c2Cl)c(C)cc1CN1CC[C@@H](C(=O)O)C1. The molecule has 6 rings (SSSR count). The molecule has 11 heteroatoms. The Balaban J connectivity index is 1.16. The number of likely N-dealkylation sites (tertiary alicyclic amines) is 2. The third-order valence-electron chi connectivity index (χ3n) is 9.40. The minimum absolute atomic E-state index is 0.268. The zero-order valence-corrected chi connectivity index (χ0v) is 29.5. The Morgan fingerprint density at radius 2 is 1.66 bits per heavy atom. The molecule has 2 fully saturated rings. The second kappa shape index (κ2) is 15.7. The maximum Gasteiger partial charge on any atom is 0.307 e. The number of β-amino-alcohol motifs (C(OH)–C–C–N with tert-alkyl or cyclic N) is 1. The number of hydrogen-bond donors (Lipinski definition) is 3. The molecule has 2 atom stereocenters. The highest BCUT2D eigenvalue weighted by Crippen LogP contribution is 2.39. The molecule has 0 unspecified atom stereocenters. The van der Waals surface area contributed by atoms with Gasteiger partial charge in [0.25, 0.3) is 5.91 Å². The number of methoxy groups -OCH3 is 1. The first-order valence-electron chi connectivity index (χ1n) is 16.6. The number of carboxylic acid groups (broad SMARTS) is 1. The summed E-state index contributed by atoms with van der Waals surface area (Å²) in [6.07, 6.45) is 6.77. The van der Waals surface area contributed by atoms with Crippen molar-refractivity contribution in [1.82, 2.24) is 14.8 Å². The van der Waals surface area contributed by atoms with Gasteiger partial charge in [-0.15, -0.1) is 0 Å². The van der Waals surface area contributed by atoms with Crippen molar-refractivity contribution in [2.75, 3.05) is 38.6 Å². The van der Waals surface area contributed by atoms with Crippen LogP contribution < -0.4 is 10.1 Å². The summed E-state index contributed by atoms with van der Waals surface area (Å²) in [6.45, 7) is 6.09. The Morgan fingerprint density at radius 3 is 2.34 bits per heavy atom. The summed E-state index contributed by atoms with van der Waals surface area (Å²) in [5, 5.41) is 22.9. The molecule has 4 aromatic rings. The van der Waals surface area contributed by atoms with Crippen molar-refractivity contribution in [1.29, 1.82) is 0 Å². The number of aliphatic carboxylic acids is 1. The summed E-state index contributed by atoms with van der Waals surface area (Å²) in [5.41, 5.74) is 6.91. The van der Waals surface area contributed by atoms with Crippen molar-refractivity contribution in [3.8, 4) is 16.9 Å². The molecule has 3 aromatic carbocycles. The topological polar surface area (TPSA) is 115 Å². The first kappa shape index (κ1) is 35.6. The third-order valence-corrected chi connectivity index (χ3v) is 10.2. The lowest BCUT2D eigenvalue weighted by molar-refractivity contribution is -0.141. The fourth-order valence-electron chi connectivity index (χ4n) is 6.63. The van der Waals surface area contributed by atoms with E-state index in [1.165, 1.54) is 0 Å². The highest BCUT2D eigenvalue weighted by molar-refractivity contribution is 6.39. The number of nitrogens with one attached hydrogen (secondary N) is 1. The molecule has 2 saturated heterocycles. The van der Waals surface area contributed by atoms with Gasteiger partial charge in [-0.2, -0.15) is 0 Å². The fraction of sp³-hybridized carbons (Fsp3) is 0.308. The molecule has 1 aromatic heterocycles. The van der Waals surface area contributed by atoms with Crippen molar-refractivity contribution in [2.24, 2.45) is 5.92 Å². The van der Waals surface area contributed by atoms with Crippen LogP contribution in [0.3, 0.4) is 0 Å². The summed E-state index contributed by atoms with van der Waals surface area (Å²) in [7, 11) is 1.64. The van der Waals surface area contributed by atoms with Gasteiger partial charge in [-0.1, -0.05) is 77.8 Å². The monoisotopic (exact) mass is 714 g/mol. The largest absolute Gasteiger partial charge is 0.496 e. The maximum atomic E-state index is 13.1. The number of ether oxygens (including phenoxy) is 1. The van der Waals surface area contributed by atoms with Gasteiger partial charge < -0.3 is 20.3 Å². The predicted octanol–water partition coefficient (Wildman–Crippen LogP) is 7.27. The zero-order valence-electron chi connectivity index (χ0n) is 28.0. The summed E-state index contributed by atoms with van der Waals surface area (Å²) < 4.78 is 5.73. The number of nitrogens with zero attached hydrogens (tertiary/aromatic N) is 3. The van der Waals surface area contributed by atoms with Crippen molar-refractivity contribution in [2.45, 2.75) is 39.0 Å². The van der Waals surface area contributed by atoms with E-state index in [0.717, 1.165) is 58.6 Å². The van der Waals surface area contributed by atoms with Crippen molar-refractivity contribution in [3.05, 3.63) is 110 Å². The maximum absolute atomic E-state index is 13.1. The molecule has 50 heavy (non-hydrogen) atoms. The van der Waals surface area contributed by atoms with Crippen LogP contribution in [0.4, 0.5) is 5.69 Å². The minimum Gasteiger partial charge on any atom is -0.496 e. The molecule has 0 radical (unpaired) electrons. The first-order chi connectivity index (χ1) is 24.1. The summed E-state index contributed by atoms with van der Waals surface area (Å²) >= 11 is 13.8. The standard InChI is InChI=1S/C39H40Cl2N4O5/c1-24-17-29(22-45-15-13-28(21-45)39(48)49)35(50-2)18-27(24)11-10-26-5-3-6-31(36(26)40)32-7-4-8-33(37(32)41)43-38(47)34-12-9-25(19-42-34)20-44-16-14-30(46)23-44/h3-12,17-19,28,30,46H,13-16,20-23H2,1-2H3,(H,43,47)(H,48,49)/b11-10+/t28-,30-/m1/s1. The summed E-state index contributed by atoms with van der Waals surface area (Å²) in [6, 6.07) is 18.8. The van der Waals surface area contributed by atoms with E-state index >= 15 is 0 Å². The van der Waals surface area contributed by atoms with Crippen LogP contribution in [-0.2, 0) is 17.9 Å². The summed E-state index contributed by atoms with van der Waals surface area (Å²) in [5.74, 6) is -0.707. The fourth-order valence-corrected chi connectivity index (χ4v) is 7.20. The van der Waals surface area contributed by atoms with Crippen LogP contribution >= 0.6 is 23.2 Å². The van der Waals surface area contributed by atoms with Crippen molar-refractivity contribution < 1.29 is 24.5 Å². The van der Waals surface area contributed by atoms with Gasteiger partial charge in [0.1, 0.15) is 11.4 Å². The van der Waals surface area contributed by atoms with Crippen LogP contribution in [0.25, 0.3) is 23.3 Å². The van der Waals surface area contributed by atoms with Crippen LogP contribution in [0.15, 0.2) is 66.9 Å². The Morgan fingerprint density at radius 1 is 0.940 bits per heavy atom. The van der Waals surface area contributed by atoms with Gasteiger partial charge in [-0.05, 0) is 66.8 Å². The third kappa shape index (κ3) is 8.20. The van der Waals surface area contributed by atoms with Gasteiger partial charge in [0.15, 0.2) is 0 Å². The van der Waals surface area contributed by atoms with Gasteiger partial charge in [0.2, 0.25) is 0 Å². The van der Waals surface area contributed by atoms with E-state index in [1.807, 2.05) is 61.5 Å². The first-order valence-corrected chi connectivity index (χ1v) is 17.4. The minimum atomic E-state index is -0.744. The number of amides is 1. The van der Waals surface area contributed by atoms with Gasteiger partial charge in [0, 0.05) is 55.6 Å². The number of aliphatic hydroxyl groups is 1. The number of anilines is 1. The second-order valence-corrected chi connectivity index (χ2v) is 13.7. The Bertz CT molecular complexity index is 1920. The molecule has 2 aliphatic heterocycles. The number of halogens is 2. The van der Waals surface area contributed by atoms with Crippen molar-refractivity contribution in [3.63, 3.8) is 0 Å². The van der Waals surface area contributed by atoms with Crippen LogP contribution in [-0.4, -0.2) is 76.3 Å². The Hall–Kier alpha value is -4.25. The van der Waals surface area contributed by atoms with E-state index in [1.54, 1.807) is 25.4 Å². The van der Waals surface area contributed by atoms with Crippen LogP contribution in [0.1, 0.15) is 51.1 Å². The number of rotatable bonds is 11. The average Bonchev–Trinajstić information content (AvgIpc) is 3.75. The average molecular weight is 716 g/mol. The van der Waals surface area contributed by atoms with Crippen LogP contribution in [0.2, 0.25) is 10.0 Å². The number of aliphatic hydroxyl groups excluding tert-OH is 1. The van der Waals surface area contributed by atoms with Crippen LogP contribution in [0, 0.1) is 12.8 Å². The molecule has 1 amide bonds. The number of carbonyl (C=O) groups excluding carboxylic acids is 1. The smallest absolute Gasteiger partial charge is 0.307 e. The Kier molecular flexibility index (Phi) is 11.2. The highest BCUT2D eigenvalue weighted by atomic mass is 35.5. The second-order valence-electron chi connectivity index (χ2n) is 13.0. The van der Waals surface area contributed by atoms with Gasteiger partial charge >= 0.3 is 5.97 Å². The lowest BCUT2D eigenvalue weighted by Crippen LogP contribution is -2.23. The van der Waals surface area contributed by atoms with E-state index in [0.29, 0.717) is 53.9 Å². The molecule has 0 spiro atoms. The quantitative estimate of drug-likeness (QED) is 0.139. The number of carbonyl (C=O) groups is 2. The number of pyridine rings is 1. The molecule has 260 valence electrons. The molecule has 9 nitrogen and oxygen atoms in total. The molecular weight excluding hydrogens is 675 g/mol. The van der Waals surface area contributed by atoms with Gasteiger partial charge in [-0.3, -0.25) is 24.4 Å². The van der Waals surface area contributed by atoms with Gasteiger partial charge in [0.05, 0.1) is 34.9 Å². The molecule has 0 saturated carbocycles. The normalized spacial score (nSPS) is 18.2. The van der Waals surface area contributed by atoms with E-state index in [2.05, 4.69) is 26.2 Å². The lowest BCUT2D eigenvalue weighted by atomic mass is 9.99.